The molecule has 0 bridgehead atoms. The molecule has 0 radical (unpaired) electrons. The van der Waals surface area contributed by atoms with Crippen LogP contribution in [0.2, 0.25) is 0 Å². The van der Waals surface area contributed by atoms with Crippen molar-refractivity contribution in [1.82, 2.24) is 5.32 Å². The lowest BCUT2D eigenvalue weighted by Gasteiger charge is -2.21. The predicted molar refractivity (Wildman–Crippen MR) is 82.4 cm³/mol. The molecule has 2 rings (SSSR count). The van der Waals surface area contributed by atoms with Gasteiger partial charge in [0.05, 0.1) is 5.56 Å². The minimum Gasteiger partial charge on any atom is -0.352 e. The van der Waals surface area contributed by atoms with Gasteiger partial charge in [-0.05, 0) is 52.9 Å². The molecule has 3 heteroatoms. The summed E-state index contributed by atoms with van der Waals surface area (Å²) in [6.45, 7) is 2.82. The normalized spacial score (nSPS) is 16.3. The van der Waals surface area contributed by atoms with Crippen LogP contribution in [0, 0.1) is 12.8 Å². The largest absolute Gasteiger partial charge is 0.352 e. The second-order valence-electron chi connectivity index (χ2n) is 5.53. The Bertz CT molecular complexity index is 438. The third kappa shape index (κ3) is 4.34. The van der Waals surface area contributed by atoms with Gasteiger partial charge in [0.2, 0.25) is 0 Å². The van der Waals surface area contributed by atoms with Crippen LogP contribution in [0.5, 0.6) is 0 Å². The SMILES string of the molecule is Cc1ccc(C(=O)NCCC2CCCCC2)c(Br)c1. The number of carbonyl (C=O) groups is 1. The molecular formula is C16H22BrNO. The number of halogens is 1. The summed E-state index contributed by atoms with van der Waals surface area (Å²) in [6, 6.07) is 5.84. The summed E-state index contributed by atoms with van der Waals surface area (Å²) in [7, 11) is 0. The molecule has 0 unspecified atom stereocenters. The van der Waals surface area contributed by atoms with Crippen LogP contribution in [-0.2, 0) is 0 Å². The molecule has 0 spiro atoms. The number of hydrogen-bond donors (Lipinski definition) is 1. The van der Waals surface area contributed by atoms with Crippen molar-refractivity contribution in [2.24, 2.45) is 5.92 Å². The first kappa shape index (κ1) is 14.6. The first-order chi connectivity index (χ1) is 9.16. The van der Waals surface area contributed by atoms with Gasteiger partial charge >= 0.3 is 0 Å². The van der Waals surface area contributed by atoms with Crippen LogP contribution in [0.1, 0.15) is 54.4 Å². The fourth-order valence-electron chi connectivity index (χ4n) is 2.77. The molecule has 1 aliphatic rings. The van der Waals surface area contributed by atoms with Crippen molar-refractivity contribution >= 4 is 21.8 Å². The number of aryl methyl sites for hydroxylation is 1. The van der Waals surface area contributed by atoms with Crippen molar-refractivity contribution in [3.05, 3.63) is 33.8 Å². The smallest absolute Gasteiger partial charge is 0.252 e. The van der Waals surface area contributed by atoms with E-state index in [1.807, 2.05) is 25.1 Å². The van der Waals surface area contributed by atoms with Crippen LogP contribution in [0.25, 0.3) is 0 Å². The molecule has 104 valence electrons. The Labute approximate surface area is 124 Å². The van der Waals surface area contributed by atoms with E-state index in [1.54, 1.807) is 0 Å². The van der Waals surface area contributed by atoms with Gasteiger partial charge in [0.15, 0.2) is 0 Å². The maximum absolute atomic E-state index is 12.1. The Morgan fingerprint density at radius 3 is 2.74 bits per heavy atom. The third-order valence-corrected chi connectivity index (χ3v) is 4.59. The summed E-state index contributed by atoms with van der Waals surface area (Å²) in [5.74, 6) is 0.846. The van der Waals surface area contributed by atoms with Crippen molar-refractivity contribution in [3.8, 4) is 0 Å². The Morgan fingerprint density at radius 2 is 2.05 bits per heavy atom. The Kier molecular flexibility index (Phi) is 5.44. The monoisotopic (exact) mass is 323 g/mol. The summed E-state index contributed by atoms with van der Waals surface area (Å²) >= 11 is 3.46. The molecule has 1 N–H and O–H groups in total. The highest BCUT2D eigenvalue weighted by atomic mass is 79.9. The molecule has 2 nitrogen and oxygen atoms in total. The topological polar surface area (TPSA) is 29.1 Å². The molecule has 1 aromatic carbocycles. The molecule has 1 aromatic rings. The van der Waals surface area contributed by atoms with Crippen molar-refractivity contribution in [1.29, 1.82) is 0 Å². The van der Waals surface area contributed by atoms with Gasteiger partial charge in [-0.2, -0.15) is 0 Å². The first-order valence-corrected chi connectivity index (χ1v) is 8.00. The average Bonchev–Trinajstić information content (AvgIpc) is 2.39. The van der Waals surface area contributed by atoms with E-state index in [2.05, 4.69) is 21.2 Å². The predicted octanol–water partition coefficient (Wildman–Crippen LogP) is 4.46. The highest BCUT2D eigenvalue weighted by Crippen LogP contribution is 2.25. The van der Waals surface area contributed by atoms with Crippen molar-refractivity contribution in [2.75, 3.05) is 6.54 Å². The standard InChI is InChI=1S/C16H22BrNO/c1-12-7-8-14(15(17)11-12)16(19)18-10-9-13-5-3-2-4-6-13/h7-8,11,13H,2-6,9-10H2,1H3,(H,18,19). The van der Waals surface area contributed by atoms with E-state index in [9.17, 15) is 4.79 Å². The third-order valence-electron chi connectivity index (χ3n) is 3.93. The Balaban J connectivity index is 1.80. The molecule has 0 saturated heterocycles. The van der Waals surface area contributed by atoms with Gasteiger partial charge < -0.3 is 5.32 Å². The second kappa shape index (κ2) is 7.09. The summed E-state index contributed by atoms with van der Waals surface area (Å²) in [5.41, 5.74) is 1.89. The molecule has 1 saturated carbocycles. The second-order valence-corrected chi connectivity index (χ2v) is 6.39. The molecule has 0 atom stereocenters. The Morgan fingerprint density at radius 1 is 1.32 bits per heavy atom. The zero-order chi connectivity index (χ0) is 13.7. The van der Waals surface area contributed by atoms with Gasteiger partial charge in [-0.3, -0.25) is 4.79 Å². The van der Waals surface area contributed by atoms with E-state index in [1.165, 1.54) is 32.1 Å². The van der Waals surface area contributed by atoms with E-state index >= 15 is 0 Å². The van der Waals surface area contributed by atoms with Gasteiger partial charge in [-0.15, -0.1) is 0 Å². The molecule has 1 amide bonds. The summed E-state index contributed by atoms with van der Waals surface area (Å²) < 4.78 is 0.877. The quantitative estimate of drug-likeness (QED) is 0.870. The van der Waals surface area contributed by atoms with Gasteiger partial charge in [0.1, 0.15) is 0 Å². The van der Waals surface area contributed by atoms with E-state index in [-0.39, 0.29) is 5.91 Å². The van der Waals surface area contributed by atoms with Gasteiger partial charge in [0.25, 0.3) is 5.91 Å². The van der Waals surface area contributed by atoms with E-state index in [0.717, 1.165) is 34.5 Å². The molecule has 0 aliphatic heterocycles. The van der Waals surface area contributed by atoms with Crippen LogP contribution < -0.4 is 5.32 Å². The molecule has 0 heterocycles. The van der Waals surface area contributed by atoms with E-state index < -0.39 is 0 Å². The molecular weight excluding hydrogens is 302 g/mol. The summed E-state index contributed by atoms with van der Waals surface area (Å²) in [5, 5.41) is 3.04. The number of hydrogen-bond acceptors (Lipinski definition) is 1. The van der Waals surface area contributed by atoms with E-state index in [4.69, 9.17) is 0 Å². The van der Waals surface area contributed by atoms with Crippen molar-refractivity contribution < 1.29 is 4.79 Å². The molecule has 1 aliphatic carbocycles. The van der Waals surface area contributed by atoms with Crippen LogP contribution in [0.15, 0.2) is 22.7 Å². The van der Waals surface area contributed by atoms with Crippen molar-refractivity contribution in [2.45, 2.75) is 45.4 Å². The highest BCUT2D eigenvalue weighted by molar-refractivity contribution is 9.10. The van der Waals surface area contributed by atoms with E-state index in [0.29, 0.717) is 0 Å². The lowest BCUT2D eigenvalue weighted by atomic mass is 9.87. The minimum atomic E-state index is 0.0303. The number of rotatable bonds is 4. The molecule has 0 aromatic heterocycles. The molecule has 1 fully saturated rings. The fraction of sp³-hybridized carbons (Fsp3) is 0.562. The summed E-state index contributed by atoms with van der Waals surface area (Å²) in [4.78, 5) is 12.1. The molecule has 19 heavy (non-hydrogen) atoms. The highest BCUT2D eigenvalue weighted by Gasteiger charge is 2.14. The lowest BCUT2D eigenvalue weighted by Crippen LogP contribution is -2.26. The number of amides is 1. The van der Waals surface area contributed by atoms with Gasteiger partial charge in [-0.1, -0.05) is 38.2 Å². The Hall–Kier alpha value is -0.830. The van der Waals surface area contributed by atoms with Crippen LogP contribution >= 0.6 is 15.9 Å². The minimum absolute atomic E-state index is 0.0303. The van der Waals surface area contributed by atoms with Crippen molar-refractivity contribution in [3.63, 3.8) is 0 Å². The summed E-state index contributed by atoms with van der Waals surface area (Å²) in [6.07, 6.45) is 7.91. The maximum Gasteiger partial charge on any atom is 0.252 e. The maximum atomic E-state index is 12.1. The zero-order valence-corrected chi connectivity index (χ0v) is 13.1. The number of carbonyl (C=O) groups excluding carboxylic acids is 1. The van der Waals surface area contributed by atoms with Gasteiger partial charge in [-0.25, -0.2) is 0 Å². The number of nitrogens with one attached hydrogen (secondary N) is 1. The average molecular weight is 324 g/mol. The lowest BCUT2D eigenvalue weighted by molar-refractivity contribution is 0.0949. The fourth-order valence-corrected chi connectivity index (χ4v) is 3.44. The zero-order valence-electron chi connectivity index (χ0n) is 11.5. The number of benzene rings is 1. The van der Waals surface area contributed by atoms with Crippen LogP contribution in [-0.4, -0.2) is 12.5 Å². The first-order valence-electron chi connectivity index (χ1n) is 7.21. The van der Waals surface area contributed by atoms with Gasteiger partial charge in [0, 0.05) is 11.0 Å². The van der Waals surface area contributed by atoms with Crippen LogP contribution in [0.4, 0.5) is 0 Å². The van der Waals surface area contributed by atoms with Crippen LogP contribution in [0.3, 0.4) is 0 Å².